The third-order valence-electron chi connectivity index (χ3n) is 5.16. The molecule has 5 heteroatoms. The summed E-state index contributed by atoms with van der Waals surface area (Å²) in [7, 11) is 0. The molecular formula is C25H23NO4. The molecule has 0 aliphatic carbocycles. The van der Waals surface area contributed by atoms with Crippen LogP contribution in [-0.4, -0.2) is 11.1 Å². The Balaban J connectivity index is 1.67. The Morgan fingerprint density at radius 3 is 2.67 bits per heavy atom. The predicted octanol–water partition coefficient (Wildman–Crippen LogP) is 5.33. The Bertz CT molecular complexity index is 1190. The van der Waals surface area contributed by atoms with E-state index in [9.17, 15) is 4.79 Å². The van der Waals surface area contributed by atoms with E-state index in [1.807, 2.05) is 43.3 Å². The fourth-order valence-electron chi connectivity index (χ4n) is 3.60. The minimum absolute atomic E-state index is 0.0866. The maximum Gasteiger partial charge on any atom is 0.307 e. The predicted molar refractivity (Wildman–Crippen MR) is 116 cm³/mol. The van der Waals surface area contributed by atoms with E-state index in [1.165, 1.54) is 0 Å². The third-order valence-corrected chi connectivity index (χ3v) is 5.16. The molecule has 0 bridgehead atoms. The van der Waals surface area contributed by atoms with Gasteiger partial charge in [0.2, 0.25) is 0 Å². The Morgan fingerprint density at radius 2 is 1.87 bits per heavy atom. The highest BCUT2D eigenvalue weighted by molar-refractivity contribution is 5.86. The molecule has 1 unspecified atom stereocenters. The van der Waals surface area contributed by atoms with Crippen molar-refractivity contribution in [2.75, 3.05) is 0 Å². The number of ether oxygens (including phenoxy) is 1. The van der Waals surface area contributed by atoms with E-state index in [1.54, 1.807) is 18.4 Å². The van der Waals surface area contributed by atoms with E-state index in [4.69, 9.17) is 20.0 Å². The van der Waals surface area contributed by atoms with Crippen molar-refractivity contribution in [2.45, 2.75) is 26.0 Å². The number of rotatable bonds is 7. The lowest BCUT2D eigenvalue weighted by molar-refractivity contribution is -0.136. The second kappa shape index (κ2) is 8.43. The molecule has 4 rings (SSSR count). The number of carboxylic acids is 1. The molecule has 1 aromatic heterocycles. The van der Waals surface area contributed by atoms with Crippen molar-refractivity contribution in [3.63, 3.8) is 0 Å². The van der Waals surface area contributed by atoms with Crippen LogP contribution in [0, 0.1) is 0 Å². The zero-order chi connectivity index (χ0) is 21.1. The lowest BCUT2D eigenvalue weighted by Crippen LogP contribution is -2.07. The number of furan rings is 1. The molecule has 3 aromatic carbocycles. The van der Waals surface area contributed by atoms with Crippen LogP contribution in [0.15, 0.2) is 77.4 Å². The quantitative estimate of drug-likeness (QED) is 0.437. The van der Waals surface area contributed by atoms with Crippen LogP contribution in [0.1, 0.15) is 29.7 Å². The molecule has 5 nitrogen and oxygen atoms in total. The number of para-hydroxylation sites is 1. The summed E-state index contributed by atoms with van der Waals surface area (Å²) in [6.07, 6.45) is 1.30. The first-order valence-corrected chi connectivity index (χ1v) is 9.82. The van der Waals surface area contributed by atoms with Crippen molar-refractivity contribution in [3.05, 3.63) is 89.7 Å². The zero-order valence-electron chi connectivity index (χ0n) is 16.7. The summed E-state index contributed by atoms with van der Waals surface area (Å²) < 4.78 is 11.9. The van der Waals surface area contributed by atoms with Crippen LogP contribution in [-0.2, 0) is 17.8 Å². The molecule has 1 heterocycles. The summed E-state index contributed by atoms with van der Waals surface area (Å²) >= 11 is 0. The number of benzene rings is 3. The molecule has 0 fully saturated rings. The molecule has 0 spiro atoms. The van der Waals surface area contributed by atoms with E-state index < -0.39 is 5.97 Å². The van der Waals surface area contributed by atoms with Gasteiger partial charge in [0.25, 0.3) is 0 Å². The van der Waals surface area contributed by atoms with Gasteiger partial charge in [0.05, 0.1) is 12.7 Å². The van der Waals surface area contributed by atoms with Gasteiger partial charge >= 0.3 is 5.97 Å². The number of hydrogen-bond acceptors (Lipinski definition) is 4. The fraction of sp³-hybridized carbons (Fsp3) is 0.160. The van der Waals surface area contributed by atoms with Gasteiger partial charge in [-0.15, -0.1) is 0 Å². The lowest BCUT2D eigenvalue weighted by atomic mass is 10.00. The molecule has 0 radical (unpaired) electrons. The molecular weight excluding hydrogens is 378 g/mol. The van der Waals surface area contributed by atoms with Crippen LogP contribution in [0.4, 0.5) is 0 Å². The summed E-state index contributed by atoms with van der Waals surface area (Å²) in [5.74, 6) is -0.328. The normalized spacial score (nSPS) is 12.1. The van der Waals surface area contributed by atoms with Crippen LogP contribution in [0.25, 0.3) is 22.1 Å². The first kappa shape index (κ1) is 19.7. The standard InChI is InChI=1S/C25H23NO4/c1-16(30-23-8-3-2-6-20(23)13-25(27)28)22-15-29-24-10-9-19(12-21(22)24)18-7-4-5-17(11-18)14-26/h2-12,15-16H,13-14,26H2,1H3,(H,27,28). The molecule has 152 valence electrons. The van der Waals surface area contributed by atoms with Crippen LogP contribution in [0.2, 0.25) is 0 Å². The highest BCUT2D eigenvalue weighted by Gasteiger charge is 2.17. The van der Waals surface area contributed by atoms with Gasteiger partial charge in [-0.3, -0.25) is 4.79 Å². The Hall–Kier alpha value is -3.57. The summed E-state index contributed by atoms with van der Waals surface area (Å²) in [6, 6.07) is 21.4. The van der Waals surface area contributed by atoms with Gasteiger partial charge in [-0.1, -0.05) is 42.5 Å². The zero-order valence-corrected chi connectivity index (χ0v) is 16.7. The van der Waals surface area contributed by atoms with E-state index in [0.717, 1.165) is 33.2 Å². The van der Waals surface area contributed by atoms with Crippen LogP contribution >= 0.6 is 0 Å². The Kier molecular flexibility index (Phi) is 5.55. The number of carboxylic acid groups (broad SMARTS) is 1. The van der Waals surface area contributed by atoms with Gasteiger partial charge < -0.3 is 20.0 Å². The van der Waals surface area contributed by atoms with Gasteiger partial charge in [-0.25, -0.2) is 0 Å². The largest absolute Gasteiger partial charge is 0.486 e. The minimum atomic E-state index is -0.892. The van der Waals surface area contributed by atoms with E-state index in [0.29, 0.717) is 17.9 Å². The van der Waals surface area contributed by atoms with Crippen molar-refractivity contribution >= 4 is 16.9 Å². The molecule has 30 heavy (non-hydrogen) atoms. The average Bonchev–Trinajstić information content (AvgIpc) is 3.18. The third kappa shape index (κ3) is 4.07. The van der Waals surface area contributed by atoms with Gasteiger partial charge in [-0.2, -0.15) is 0 Å². The van der Waals surface area contributed by atoms with Gasteiger partial charge in [0, 0.05) is 23.1 Å². The van der Waals surface area contributed by atoms with Gasteiger partial charge in [-0.05, 0) is 47.9 Å². The van der Waals surface area contributed by atoms with Gasteiger partial charge in [0.15, 0.2) is 0 Å². The van der Waals surface area contributed by atoms with Crippen LogP contribution < -0.4 is 10.5 Å². The number of nitrogens with two attached hydrogens (primary N) is 1. The van der Waals surface area contributed by atoms with Gasteiger partial charge in [0.1, 0.15) is 17.4 Å². The molecule has 0 amide bonds. The first-order valence-electron chi connectivity index (χ1n) is 9.82. The topological polar surface area (TPSA) is 85.7 Å². The second-order valence-electron chi connectivity index (χ2n) is 7.24. The molecule has 4 aromatic rings. The lowest BCUT2D eigenvalue weighted by Gasteiger charge is -2.16. The smallest absolute Gasteiger partial charge is 0.307 e. The SMILES string of the molecule is CC(Oc1ccccc1CC(=O)O)c1coc2ccc(-c3cccc(CN)c3)cc12. The van der Waals surface area contributed by atoms with Crippen molar-refractivity contribution in [1.29, 1.82) is 0 Å². The maximum atomic E-state index is 11.1. The number of carbonyl (C=O) groups is 1. The molecule has 1 atom stereocenters. The highest BCUT2D eigenvalue weighted by atomic mass is 16.5. The fourth-order valence-corrected chi connectivity index (χ4v) is 3.60. The minimum Gasteiger partial charge on any atom is -0.486 e. The number of fused-ring (bicyclic) bond motifs is 1. The van der Waals surface area contributed by atoms with Crippen LogP contribution in [0.5, 0.6) is 5.75 Å². The first-order chi connectivity index (χ1) is 14.5. The molecule has 0 saturated carbocycles. The molecule has 0 aliphatic rings. The monoisotopic (exact) mass is 401 g/mol. The Labute approximate surface area is 174 Å². The summed E-state index contributed by atoms with van der Waals surface area (Å²) in [5.41, 5.74) is 11.3. The van der Waals surface area contributed by atoms with Crippen molar-refractivity contribution in [3.8, 4) is 16.9 Å². The highest BCUT2D eigenvalue weighted by Crippen LogP contribution is 2.34. The van der Waals surface area contributed by atoms with Crippen molar-refractivity contribution < 1.29 is 19.1 Å². The number of hydrogen-bond donors (Lipinski definition) is 2. The van der Waals surface area contributed by atoms with E-state index >= 15 is 0 Å². The summed E-state index contributed by atoms with van der Waals surface area (Å²) in [5, 5.41) is 10.1. The van der Waals surface area contributed by atoms with E-state index in [2.05, 4.69) is 18.2 Å². The van der Waals surface area contributed by atoms with Crippen molar-refractivity contribution in [1.82, 2.24) is 0 Å². The average molecular weight is 401 g/mol. The summed E-state index contributed by atoms with van der Waals surface area (Å²) in [6.45, 7) is 2.43. The van der Waals surface area contributed by atoms with Crippen LogP contribution in [0.3, 0.4) is 0 Å². The maximum absolute atomic E-state index is 11.1. The molecule has 3 N–H and O–H groups in total. The van der Waals surface area contributed by atoms with E-state index in [-0.39, 0.29) is 12.5 Å². The molecule has 0 saturated heterocycles. The summed E-state index contributed by atoms with van der Waals surface area (Å²) in [4.78, 5) is 11.1. The number of aliphatic carboxylic acids is 1. The second-order valence-corrected chi connectivity index (χ2v) is 7.24. The van der Waals surface area contributed by atoms with Crippen molar-refractivity contribution in [2.24, 2.45) is 5.73 Å². The Morgan fingerprint density at radius 1 is 1.07 bits per heavy atom. The molecule has 0 aliphatic heterocycles.